The third-order valence-electron chi connectivity index (χ3n) is 4.52. The Labute approximate surface area is 166 Å². The van der Waals surface area contributed by atoms with Crippen LogP contribution in [0.3, 0.4) is 0 Å². The van der Waals surface area contributed by atoms with Crippen LogP contribution >= 0.6 is 15.9 Å². The fourth-order valence-corrected chi connectivity index (χ4v) is 5.25. The van der Waals surface area contributed by atoms with Crippen LogP contribution in [0.5, 0.6) is 0 Å². The van der Waals surface area contributed by atoms with Crippen LogP contribution in [0.1, 0.15) is 17.0 Å². The number of halogens is 1. The number of nitrogens with one attached hydrogen (secondary N) is 1. The summed E-state index contributed by atoms with van der Waals surface area (Å²) < 4.78 is 33.0. The van der Waals surface area contributed by atoms with Gasteiger partial charge in [-0.15, -0.1) is 0 Å². The van der Waals surface area contributed by atoms with Crippen molar-refractivity contribution in [3.63, 3.8) is 0 Å². The van der Waals surface area contributed by atoms with Crippen molar-refractivity contribution in [2.24, 2.45) is 0 Å². The summed E-state index contributed by atoms with van der Waals surface area (Å²) in [5.74, 6) is 0.276. The monoisotopic (exact) mass is 456 g/mol. The number of hydrogen-bond donors (Lipinski definition) is 1. The van der Waals surface area contributed by atoms with E-state index in [4.69, 9.17) is 4.52 Å². The molecule has 10 heteroatoms. The first kappa shape index (κ1) is 19.8. The Balaban J connectivity index is 1.65. The number of sulfonamides is 1. The number of rotatable bonds is 3. The third kappa shape index (κ3) is 4.02. The van der Waals surface area contributed by atoms with Gasteiger partial charge in [0.2, 0.25) is 10.0 Å². The number of piperazine rings is 1. The topological polar surface area (TPSA) is 95.8 Å². The zero-order valence-corrected chi connectivity index (χ0v) is 17.7. The van der Waals surface area contributed by atoms with E-state index < -0.39 is 10.0 Å². The maximum Gasteiger partial charge on any atom is 0.321 e. The molecule has 3 rings (SSSR count). The normalized spacial score (nSPS) is 15.8. The van der Waals surface area contributed by atoms with Gasteiger partial charge in [-0.3, -0.25) is 0 Å². The van der Waals surface area contributed by atoms with E-state index in [1.165, 1.54) is 4.31 Å². The highest BCUT2D eigenvalue weighted by Gasteiger charge is 2.34. The molecule has 2 aromatic rings. The molecule has 1 aliphatic rings. The van der Waals surface area contributed by atoms with E-state index in [0.29, 0.717) is 18.8 Å². The first-order chi connectivity index (χ1) is 12.7. The summed E-state index contributed by atoms with van der Waals surface area (Å²) >= 11 is 3.39. The minimum absolute atomic E-state index is 0.117. The van der Waals surface area contributed by atoms with E-state index in [0.717, 1.165) is 15.7 Å². The first-order valence-electron chi connectivity index (χ1n) is 8.45. The van der Waals surface area contributed by atoms with Crippen molar-refractivity contribution in [2.45, 2.75) is 25.7 Å². The highest BCUT2D eigenvalue weighted by molar-refractivity contribution is 9.10. The molecule has 1 aliphatic heterocycles. The number of amides is 2. The van der Waals surface area contributed by atoms with Crippen LogP contribution in [0.4, 0.5) is 10.5 Å². The number of anilines is 1. The van der Waals surface area contributed by atoms with Gasteiger partial charge < -0.3 is 14.7 Å². The second-order valence-corrected chi connectivity index (χ2v) is 9.22. The molecule has 0 spiro atoms. The Morgan fingerprint density at radius 2 is 1.85 bits per heavy atom. The Hall–Kier alpha value is -1.91. The summed E-state index contributed by atoms with van der Waals surface area (Å²) in [5.41, 5.74) is 2.02. The van der Waals surface area contributed by atoms with E-state index in [1.807, 2.05) is 25.1 Å². The lowest BCUT2D eigenvalue weighted by atomic mass is 10.2. The number of hydrogen-bond acceptors (Lipinski definition) is 5. The van der Waals surface area contributed by atoms with Gasteiger partial charge in [-0.05, 0) is 44.5 Å². The van der Waals surface area contributed by atoms with E-state index in [9.17, 15) is 13.2 Å². The molecule has 1 saturated heterocycles. The van der Waals surface area contributed by atoms with Crippen molar-refractivity contribution in [1.82, 2.24) is 14.4 Å². The highest BCUT2D eigenvalue weighted by Crippen LogP contribution is 2.25. The molecular weight excluding hydrogens is 436 g/mol. The maximum atomic E-state index is 12.8. The molecule has 27 heavy (non-hydrogen) atoms. The lowest BCUT2D eigenvalue weighted by molar-refractivity contribution is 0.184. The second-order valence-electron chi connectivity index (χ2n) is 6.43. The second kappa shape index (κ2) is 7.61. The number of aromatic nitrogens is 1. The average molecular weight is 457 g/mol. The van der Waals surface area contributed by atoms with Gasteiger partial charge in [0.1, 0.15) is 10.6 Å². The molecule has 1 fully saturated rings. The van der Waals surface area contributed by atoms with Gasteiger partial charge in [0.25, 0.3) is 0 Å². The van der Waals surface area contributed by atoms with Gasteiger partial charge in [0.15, 0.2) is 5.76 Å². The zero-order valence-electron chi connectivity index (χ0n) is 15.3. The molecule has 2 heterocycles. The van der Waals surface area contributed by atoms with Crippen molar-refractivity contribution in [3.8, 4) is 0 Å². The van der Waals surface area contributed by atoms with Crippen molar-refractivity contribution >= 4 is 37.7 Å². The molecular formula is C17H21BrN4O4S. The molecule has 0 unspecified atom stereocenters. The van der Waals surface area contributed by atoms with E-state index in [-0.39, 0.29) is 29.8 Å². The van der Waals surface area contributed by atoms with Gasteiger partial charge >= 0.3 is 6.03 Å². The molecule has 0 atom stereocenters. The van der Waals surface area contributed by atoms with Crippen LogP contribution < -0.4 is 5.32 Å². The summed E-state index contributed by atoms with van der Waals surface area (Å²) in [7, 11) is -3.69. The van der Waals surface area contributed by atoms with Crippen molar-refractivity contribution in [1.29, 1.82) is 0 Å². The van der Waals surface area contributed by atoms with Crippen molar-refractivity contribution in [3.05, 3.63) is 39.7 Å². The van der Waals surface area contributed by atoms with Crippen LogP contribution in [-0.4, -0.2) is 55.0 Å². The lowest BCUT2D eigenvalue weighted by Crippen LogP contribution is -2.51. The van der Waals surface area contributed by atoms with Crippen LogP contribution in [-0.2, 0) is 10.0 Å². The minimum Gasteiger partial charge on any atom is -0.360 e. The predicted octanol–water partition coefficient (Wildman–Crippen LogP) is 2.90. The zero-order chi connectivity index (χ0) is 19.8. The maximum absolute atomic E-state index is 12.8. The van der Waals surface area contributed by atoms with E-state index in [1.54, 1.807) is 18.7 Å². The molecule has 0 bridgehead atoms. The summed E-state index contributed by atoms with van der Waals surface area (Å²) in [6.07, 6.45) is 0. The first-order valence-corrected chi connectivity index (χ1v) is 10.7. The van der Waals surface area contributed by atoms with Gasteiger partial charge in [0, 0.05) is 36.3 Å². The molecule has 8 nitrogen and oxygen atoms in total. The van der Waals surface area contributed by atoms with Gasteiger partial charge in [-0.2, -0.15) is 4.31 Å². The van der Waals surface area contributed by atoms with Gasteiger partial charge in [-0.25, -0.2) is 13.2 Å². The number of carbonyl (C=O) groups is 1. The molecule has 146 valence electrons. The third-order valence-corrected chi connectivity index (χ3v) is 7.16. The minimum atomic E-state index is -3.69. The number of urea groups is 1. The number of benzene rings is 1. The molecule has 0 aliphatic carbocycles. The van der Waals surface area contributed by atoms with Crippen LogP contribution in [0.25, 0.3) is 0 Å². The van der Waals surface area contributed by atoms with Gasteiger partial charge in [-0.1, -0.05) is 21.1 Å². The number of nitrogens with zero attached hydrogens (tertiary/aromatic N) is 3. The number of carbonyl (C=O) groups excluding carboxylic acids is 1. The summed E-state index contributed by atoms with van der Waals surface area (Å²) in [6.45, 7) is 6.16. The number of aryl methyl sites for hydroxylation is 3. The van der Waals surface area contributed by atoms with Crippen LogP contribution in [0.15, 0.2) is 32.1 Å². The van der Waals surface area contributed by atoms with E-state index >= 15 is 0 Å². The Bertz CT molecular complexity index is 946. The molecule has 2 amide bonds. The largest absolute Gasteiger partial charge is 0.360 e. The smallest absolute Gasteiger partial charge is 0.321 e. The fourth-order valence-electron chi connectivity index (χ4n) is 3.07. The van der Waals surface area contributed by atoms with E-state index in [2.05, 4.69) is 26.4 Å². The molecule has 1 aromatic heterocycles. The SMILES string of the molecule is Cc1cc(Br)ccc1NC(=O)N1CCN(S(=O)(=O)c2c(C)noc2C)CC1. The Kier molecular flexibility index (Phi) is 5.59. The van der Waals surface area contributed by atoms with Crippen molar-refractivity contribution < 1.29 is 17.7 Å². The van der Waals surface area contributed by atoms with Gasteiger partial charge in [0.05, 0.1) is 0 Å². The van der Waals surface area contributed by atoms with Crippen LogP contribution in [0, 0.1) is 20.8 Å². The quantitative estimate of drug-likeness (QED) is 0.765. The standard InChI is InChI=1S/C17H21BrN4O4S/c1-11-10-14(18)4-5-15(11)19-17(23)21-6-8-22(9-7-21)27(24,25)16-12(2)20-26-13(16)3/h4-5,10H,6-9H2,1-3H3,(H,19,23). The average Bonchev–Trinajstić information content (AvgIpc) is 2.96. The Morgan fingerprint density at radius 1 is 1.19 bits per heavy atom. The predicted molar refractivity (Wildman–Crippen MR) is 104 cm³/mol. The molecule has 1 N–H and O–H groups in total. The summed E-state index contributed by atoms with van der Waals surface area (Å²) in [6, 6.07) is 5.37. The molecule has 1 aromatic carbocycles. The summed E-state index contributed by atoms with van der Waals surface area (Å²) in [4.78, 5) is 14.2. The molecule has 0 radical (unpaired) electrons. The fraction of sp³-hybridized carbons (Fsp3) is 0.412. The highest BCUT2D eigenvalue weighted by atomic mass is 79.9. The molecule has 0 saturated carbocycles. The van der Waals surface area contributed by atoms with Crippen molar-refractivity contribution in [2.75, 3.05) is 31.5 Å². The summed E-state index contributed by atoms with van der Waals surface area (Å²) in [5, 5.41) is 6.60. The Morgan fingerprint density at radius 3 is 2.41 bits per heavy atom. The van der Waals surface area contributed by atoms with Crippen LogP contribution in [0.2, 0.25) is 0 Å². The lowest BCUT2D eigenvalue weighted by Gasteiger charge is -2.34.